The largest absolute Gasteiger partial charge is 0.497 e. The molecule has 4 heteroatoms. The average molecular weight is 217 g/mol. The Labute approximate surface area is 72.5 Å². The van der Waals surface area contributed by atoms with Gasteiger partial charge in [-0.3, -0.25) is 0 Å². The van der Waals surface area contributed by atoms with Gasteiger partial charge in [0.1, 0.15) is 5.75 Å². The van der Waals surface area contributed by atoms with E-state index in [0.717, 1.165) is 4.47 Å². The van der Waals surface area contributed by atoms with Crippen LogP contribution in [0, 0.1) is 4.91 Å². The molecule has 0 aliphatic heterocycles. The fraction of sp³-hybridized carbons (Fsp3) is 0.143. The van der Waals surface area contributed by atoms with Crippen LogP contribution in [0.15, 0.2) is 22.7 Å². The molecule has 0 bridgehead atoms. The maximum absolute atomic E-state index is 10.3. The Balaban J connectivity index is 3.12. The van der Waals surface area contributed by atoms with Gasteiger partial charge in [-0.1, -0.05) is 0 Å². The lowest BCUT2D eigenvalue weighted by atomic mass is 10.3. The number of hydrogen-bond acceptors (Lipinski definition) is 2. The van der Waals surface area contributed by atoms with Crippen LogP contribution in [0.1, 0.15) is 0 Å². The van der Waals surface area contributed by atoms with E-state index in [1.807, 2.05) is 0 Å². The Morgan fingerprint density at radius 3 is 2.82 bits per heavy atom. The molecule has 0 atom stereocenters. The van der Waals surface area contributed by atoms with Crippen LogP contribution in [0.2, 0.25) is 0 Å². The zero-order valence-electron chi connectivity index (χ0n) is 5.93. The molecule has 0 aliphatic rings. The molecule has 58 valence electrons. The van der Waals surface area contributed by atoms with Crippen LogP contribution in [-0.4, -0.2) is 7.11 Å². The first kappa shape index (κ1) is 8.20. The van der Waals surface area contributed by atoms with Gasteiger partial charge < -0.3 is 4.74 Å². The van der Waals surface area contributed by atoms with Gasteiger partial charge in [-0.2, -0.15) is 0 Å². The van der Waals surface area contributed by atoms with Crippen LogP contribution in [-0.2, 0) is 0 Å². The first-order valence-electron chi connectivity index (χ1n) is 2.99. The van der Waals surface area contributed by atoms with Crippen LogP contribution in [0.5, 0.6) is 5.75 Å². The van der Waals surface area contributed by atoms with Crippen molar-refractivity contribution < 1.29 is 9.91 Å². The zero-order valence-corrected chi connectivity index (χ0v) is 7.51. The molecular weight excluding hydrogens is 210 g/mol. The van der Waals surface area contributed by atoms with Gasteiger partial charge in [0.25, 0.3) is 5.69 Å². The van der Waals surface area contributed by atoms with E-state index in [9.17, 15) is 4.91 Å². The van der Waals surface area contributed by atoms with E-state index in [1.165, 1.54) is 0 Å². The van der Waals surface area contributed by atoms with Crippen molar-refractivity contribution in [3.63, 3.8) is 0 Å². The molecule has 0 saturated carbocycles. The summed E-state index contributed by atoms with van der Waals surface area (Å²) in [6, 6.07) is 5.14. The highest BCUT2D eigenvalue weighted by Gasteiger charge is 2.06. The minimum absolute atomic E-state index is 0.476. The Hall–Kier alpha value is -0.900. The van der Waals surface area contributed by atoms with E-state index < -0.39 is 0 Å². The molecule has 0 spiro atoms. The van der Waals surface area contributed by atoms with Crippen molar-refractivity contribution in [2.45, 2.75) is 0 Å². The normalized spacial score (nSPS) is 9.27. The molecule has 0 fully saturated rings. The Bertz CT molecular complexity index is 275. The Morgan fingerprint density at radius 1 is 1.55 bits per heavy atom. The molecule has 0 unspecified atom stereocenters. The summed E-state index contributed by atoms with van der Waals surface area (Å²) in [4.78, 5) is 10.3. The van der Waals surface area contributed by atoms with Gasteiger partial charge in [-0.05, 0) is 28.1 Å². The molecule has 0 amide bonds. The molecule has 1 aromatic rings. The molecule has 0 aliphatic carbocycles. The van der Waals surface area contributed by atoms with Gasteiger partial charge in [-0.25, -0.2) is 0 Å². The SMILES string of the molecule is COc1ccc(Br)c([NH+]=O)c1. The van der Waals surface area contributed by atoms with E-state index in [4.69, 9.17) is 4.74 Å². The number of benzene rings is 1. The molecular formula is C7H7BrNO2+. The predicted molar refractivity (Wildman–Crippen MR) is 44.7 cm³/mol. The van der Waals surface area contributed by atoms with Gasteiger partial charge in [0.05, 0.1) is 17.6 Å². The Morgan fingerprint density at radius 2 is 2.27 bits per heavy atom. The third-order valence-electron chi connectivity index (χ3n) is 1.28. The number of rotatable bonds is 2. The van der Waals surface area contributed by atoms with E-state index in [-0.39, 0.29) is 0 Å². The quantitative estimate of drug-likeness (QED) is 0.800. The summed E-state index contributed by atoms with van der Waals surface area (Å²) >= 11 is 3.20. The second kappa shape index (κ2) is 3.48. The van der Waals surface area contributed by atoms with E-state index >= 15 is 0 Å². The molecule has 11 heavy (non-hydrogen) atoms. The Kier molecular flexibility index (Phi) is 2.59. The van der Waals surface area contributed by atoms with Crippen LogP contribution in [0.3, 0.4) is 0 Å². The van der Waals surface area contributed by atoms with Gasteiger partial charge in [0, 0.05) is 10.1 Å². The van der Waals surface area contributed by atoms with Crippen molar-refractivity contribution in [2.75, 3.05) is 7.11 Å². The number of methoxy groups -OCH3 is 1. The third-order valence-corrected chi connectivity index (χ3v) is 1.97. The van der Waals surface area contributed by atoms with Crippen molar-refractivity contribution in [2.24, 2.45) is 0 Å². The van der Waals surface area contributed by atoms with Crippen LogP contribution >= 0.6 is 15.9 Å². The van der Waals surface area contributed by atoms with Gasteiger partial charge in [-0.15, -0.1) is 0 Å². The lowest BCUT2D eigenvalue weighted by Crippen LogP contribution is -2.55. The minimum atomic E-state index is 0.476. The number of nitroso groups, excluding NO2 is 1. The summed E-state index contributed by atoms with van der Waals surface area (Å²) in [5.74, 6) is 0.659. The first-order valence-corrected chi connectivity index (χ1v) is 3.79. The molecule has 3 nitrogen and oxygen atoms in total. The topological polar surface area (TPSA) is 40.3 Å². The molecule has 0 aromatic heterocycles. The molecule has 0 saturated heterocycles. The van der Waals surface area contributed by atoms with Crippen molar-refractivity contribution in [3.05, 3.63) is 27.6 Å². The highest BCUT2D eigenvalue weighted by molar-refractivity contribution is 9.10. The second-order valence-corrected chi connectivity index (χ2v) is 2.80. The van der Waals surface area contributed by atoms with Crippen molar-refractivity contribution in [1.82, 2.24) is 0 Å². The monoisotopic (exact) mass is 216 g/mol. The van der Waals surface area contributed by atoms with Gasteiger partial charge in [0.15, 0.2) is 0 Å². The fourth-order valence-corrected chi connectivity index (χ4v) is 1.04. The maximum atomic E-state index is 10.3. The summed E-state index contributed by atoms with van der Waals surface area (Å²) in [7, 11) is 1.55. The molecule has 0 heterocycles. The summed E-state index contributed by atoms with van der Waals surface area (Å²) in [5.41, 5.74) is 0.476. The van der Waals surface area contributed by atoms with E-state index in [1.54, 1.807) is 30.5 Å². The highest BCUT2D eigenvalue weighted by Crippen LogP contribution is 2.22. The number of halogens is 1. The lowest BCUT2D eigenvalue weighted by molar-refractivity contribution is -0.380. The van der Waals surface area contributed by atoms with Crippen molar-refractivity contribution in [3.8, 4) is 5.75 Å². The highest BCUT2D eigenvalue weighted by atomic mass is 79.9. The van der Waals surface area contributed by atoms with Gasteiger partial charge >= 0.3 is 0 Å². The molecule has 1 N–H and O–H groups in total. The molecule has 0 radical (unpaired) electrons. The van der Waals surface area contributed by atoms with Crippen LogP contribution < -0.4 is 9.91 Å². The first-order chi connectivity index (χ1) is 5.27. The number of hydrogen-bond donors (Lipinski definition) is 1. The van der Waals surface area contributed by atoms with Gasteiger partial charge in [0.2, 0.25) is 0 Å². The van der Waals surface area contributed by atoms with E-state index in [2.05, 4.69) is 15.9 Å². The van der Waals surface area contributed by atoms with Crippen LogP contribution in [0.25, 0.3) is 0 Å². The number of ether oxygens (including phenoxy) is 1. The lowest BCUT2D eigenvalue weighted by Gasteiger charge is -1.96. The van der Waals surface area contributed by atoms with Crippen molar-refractivity contribution >= 4 is 21.6 Å². The smallest absolute Gasteiger partial charge is 0.271 e. The maximum Gasteiger partial charge on any atom is 0.271 e. The summed E-state index contributed by atoms with van der Waals surface area (Å²) in [5, 5.41) is 1.79. The predicted octanol–water partition coefficient (Wildman–Crippen LogP) is 0.936. The third kappa shape index (κ3) is 1.77. The molecule has 1 aromatic carbocycles. The summed E-state index contributed by atoms with van der Waals surface area (Å²) < 4.78 is 5.64. The average Bonchev–Trinajstić information content (AvgIpc) is 2.05. The second-order valence-electron chi connectivity index (χ2n) is 1.95. The fourth-order valence-electron chi connectivity index (χ4n) is 0.710. The minimum Gasteiger partial charge on any atom is -0.497 e. The van der Waals surface area contributed by atoms with Crippen LogP contribution in [0.4, 0.5) is 5.69 Å². The summed E-state index contributed by atoms with van der Waals surface area (Å²) in [6.45, 7) is 0. The van der Waals surface area contributed by atoms with Crippen molar-refractivity contribution in [1.29, 1.82) is 0 Å². The van der Waals surface area contributed by atoms with E-state index in [0.29, 0.717) is 11.4 Å². The number of nitrogens with one attached hydrogen (secondary N) is 1. The summed E-state index contributed by atoms with van der Waals surface area (Å²) in [6.07, 6.45) is 0. The standard InChI is InChI=1S/C7H6BrNO2/c1-11-5-2-3-6(8)7(4-5)9-10/h2-4H,1H3/p+1. The zero-order chi connectivity index (χ0) is 8.27. The molecule has 1 rings (SSSR count).